The zero-order chi connectivity index (χ0) is 31.6. The van der Waals surface area contributed by atoms with Crippen molar-refractivity contribution < 1.29 is 9.63 Å². The van der Waals surface area contributed by atoms with E-state index in [0.717, 1.165) is 64.4 Å². The molecule has 0 aliphatic carbocycles. The Kier molecular flexibility index (Phi) is 7.69. The Balaban J connectivity index is 0.881. The van der Waals surface area contributed by atoms with E-state index in [2.05, 4.69) is 90.0 Å². The largest absolute Gasteiger partial charge is 0.369 e. The summed E-state index contributed by atoms with van der Waals surface area (Å²) in [4.78, 5) is 24.2. The summed E-state index contributed by atoms with van der Waals surface area (Å²) in [6, 6.07) is 33.5. The molecule has 4 aromatic carbocycles. The molecule has 8 rings (SSSR count). The summed E-state index contributed by atoms with van der Waals surface area (Å²) in [5.41, 5.74) is 6.95. The second-order valence-electron chi connectivity index (χ2n) is 11.3. The summed E-state index contributed by atoms with van der Waals surface area (Å²) in [7, 11) is 0. The molecule has 1 fully saturated rings. The van der Waals surface area contributed by atoms with Crippen molar-refractivity contribution in [1.29, 1.82) is 0 Å². The van der Waals surface area contributed by atoms with E-state index in [9.17, 15) is 4.79 Å². The van der Waals surface area contributed by atoms with Gasteiger partial charge in [-0.25, -0.2) is 9.48 Å². The van der Waals surface area contributed by atoms with Gasteiger partial charge in [0.15, 0.2) is 5.01 Å². The molecule has 0 spiro atoms. The van der Waals surface area contributed by atoms with Gasteiger partial charge >= 0.3 is 5.97 Å². The van der Waals surface area contributed by atoms with Crippen LogP contribution in [0.1, 0.15) is 15.9 Å². The van der Waals surface area contributed by atoms with Crippen molar-refractivity contribution in [3.05, 3.63) is 127 Å². The molecular weight excluding hydrogens is 611 g/mol. The topological polar surface area (TPSA) is 107 Å². The number of hydrogen-bond acceptors (Lipinski definition) is 10. The summed E-state index contributed by atoms with van der Waals surface area (Å²) >= 11 is 1.46. The summed E-state index contributed by atoms with van der Waals surface area (Å²) in [5.74, 6) is -0.535. The standard InChI is InChI=1S/C35H29N9O2S/c45-35(46-44-32-9-5-4-8-31(32)37-40-44)27-14-12-26(13-15-27)33-38-39-34(47-33)28-22-36-43(24-28)30-16-10-25(11-17-30)23-41-18-20-42(21-19-41)29-6-2-1-3-7-29/h1-17,22,24H,18-21,23H2. The van der Waals surface area contributed by atoms with Gasteiger partial charge in [0.05, 0.1) is 23.0 Å². The maximum Gasteiger partial charge on any atom is 0.365 e. The van der Waals surface area contributed by atoms with Crippen LogP contribution in [0.5, 0.6) is 0 Å². The van der Waals surface area contributed by atoms with Gasteiger partial charge in [-0.1, -0.05) is 70.8 Å². The minimum Gasteiger partial charge on any atom is -0.369 e. The fourth-order valence-corrected chi connectivity index (χ4v) is 6.46. The smallest absolute Gasteiger partial charge is 0.365 e. The Bertz CT molecular complexity index is 2130. The Morgan fingerprint density at radius 2 is 1.45 bits per heavy atom. The maximum absolute atomic E-state index is 12.7. The molecule has 7 aromatic rings. The van der Waals surface area contributed by atoms with E-state index in [1.54, 1.807) is 30.5 Å². The lowest BCUT2D eigenvalue weighted by molar-refractivity contribution is 0.0409. The van der Waals surface area contributed by atoms with Gasteiger partial charge in [-0.05, 0) is 59.3 Å². The number of piperazine rings is 1. The van der Waals surface area contributed by atoms with Crippen LogP contribution in [0.25, 0.3) is 37.9 Å². The molecular formula is C35H29N9O2S. The molecule has 1 saturated heterocycles. The monoisotopic (exact) mass is 639 g/mol. The predicted molar refractivity (Wildman–Crippen MR) is 180 cm³/mol. The summed E-state index contributed by atoms with van der Waals surface area (Å²) in [6.45, 7) is 5.09. The third kappa shape index (κ3) is 6.11. The average Bonchev–Trinajstić information content (AvgIpc) is 3.90. The maximum atomic E-state index is 12.7. The van der Waals surface area contributed by atoms with Crippen LogP contribution < -0.4 is 9.74 Å². The van der Waals surface area contributed by atoms with E-state index in [-0.39, 0.29) is 0 Å². The Morgan fingerprint density at radius 3 is 2.23 bits per heavy atom. The van der Waals surface area contributed by atoms with Gasteiger partial charge in [0, 0.05) is 50.2 Å². The average molecular weight is 640 g/mol. The van der Waals surface area contributed by atoms with Crippen molar-refractivity contribution in [2.45, 2.75) is 6.54 Å². The molecule has 3 aromatic heterocycles. The number of nitrogens with zero attached hydrogens (tertiary/aromatic N) is 9. The Hall–Kier alpha value is -5.72. The van der Waals surface area contributed by atoms with Gasteiger partial charge in [0.1, 0.15) is 16.0 Å². The van der Waals surface area contributed by atoms with E-state index in [1.165, 1.54) is 22.6 Å². The number of hydrogen-bond donors (Lipinski definition) is 0. The molecule has 4 heterocycles. The van der Waals surface area contributed by atoms with E-state index in [4.69, 9.17) is 4.84 Å². The summed E-state index contributed by atoms with van der Waals surface area (Å²) in [5, 5.41) is 22.8. The van der Waals surface area contributed by atoms with E-state index in [0.29, 0.717) is 16.6 Å². The third-order valence-electron chi connectivity index (χ3n) is 8.21. The van der Waals surface area contributed by atoms with Gasteiger partial charge in [0.25, 0.3) is 0 Å². The van der Waals surface area contributed by atoms with E-state index < -0.39 is 5.97 Å². The van der Waals surface area contributed by atoms with Crippen LogP contribution in [0.4, 0.5) is 5.69 Å². The first-order valence-electron chi connectivity index (χ1n) is 15.3. The van der Waals surface area contributed by atoms with Crippen molar-refractivity contribution in [1.82, 2.24) is 40.0 Å². The van der Waals surface area contributed by atoms with Crippen molar-refractivity contribution in [2.75, 3.05) is 31.1 Å². The fraction of sp³-hybridized carbons (Fsp3) is 0.143. The van der Waals surface area contributed by atoms with Crippen LogP contribution in [0.3, 0.4) is 0 Å². The number of benzene rings is 4. The van der Waals surface area contributed by atoms with Gasteiger partial charge < -0.3 is 9.74 Å². The Labute approximate surface area is 274 Å². The SMILES string of the molecule is O=C(On1nnc2ccccc21)c1ccc(-c2nnc(-c3cnn(-c4ccc(CN5CCN(c6ccccc6)CC5)cc4)c3)s2)cc1. The zero-order valence-electron chi connectivity index (χ0n) is 25.3. The number of carbonyl (C=O) groups is 1. The minimum atomic E-state index is -0.535. The van der Waals surface area contributed by atoms with E-state index >= 15 is 0 Å². The van der Waals surface area contributed by atoms with Crippen LogP contribution in [0.15, 0.2) is 116 Å². The van der Waals surface area contributed by atoms with Crippen molar-refractivity contribution in [3.63, 3.8) is 0 Å². The number of rotatable bonds is 8. The predicted octanol–water partition coefficient (Wildman–Crippen LogP) is 5.39. The first-order chi connectivity index (χ1) is 23.2. The minimum absolute atomic E-state index is 0.385. The first-order valence-corrected chi connectivity index (χ1v) is 16.1. The molecule has 0 bridgehead atoms. The molecule has 1 aliphatic heterocycles. The molecule has 0 amide bonds. The number of anilines is 1. The van der Waals surface area contributed by atoms with Gasteiger partial charge in [0.2, 0.25) is 0 Å². The Morgan fingerprint density at radius 1 is 0.723 bits per heavy atom. The third-order valence-corrected chi connectivity index (χ3v) is 9.24. The highest BCUT2D eigenvalue weighted by atomic mass is 32.1. The molecule has 0 atom stereocenters. The van der Waals surface area contributed by atoms with Gasteiger partial charge in [-0.15, -0.1) is 15.3 Å². The summed E-state index contributed by atoms with van der Waals surface area (Å²) in [6.07, 6.45) is 3.77. The molecule has 0 saturated carbocycles. The highest BCUT2D eigenvalue weighted by Gasteiger charge is 2.18. The van der Waals surface area contributed by atoms with Gasteiger partial charge in [-0.3, -0.25) is 4.90 Å². The molecule has 0 unspecified atom stereocenters. The normalized spacial score (nSPS) is 13.7. The second kappa shape index (κ2) is 12.6. The lowest BCUT2D eigenvalue weighted by atomic mass is 10.1. The van der Waals surface area contributed by atoms with Crippen LogP contribution in [0, 0.1) is 0 Å². The first kappa shape index (κ1) is 28.7. The molecule has 0 N–H and O–H groups in total. The molecule has 232 valence electrons. The van der Waals surface area contributed by atoms with Crippen LogP contribution in [-0.4, -0.2) is 72.2 Å². The van der Waals surface area contributed by atoms with Crippen molar-refractivity contribution in [3.8, 4) is 26.8 Å². The highest BCUT2D eigenvalue weighted by Crippen LogP contribution is 2.30. The lowest BCUT2D eigenvalue weighted by Crippen LogP contribution is -2.45. The fourth-order valence-electron chi connectivity index (χ4n) is 5.64. The van der Waals surface area contributed by atoms with Crippen LogP contribution >= 0.6 is 11.3 Å². The van der Waals surface area contributed by atoms with Crippen molar-refractivity contribution >= 4 is 34.0 Å². The summed E-state index contributed by atoms with van der Waals surface area (Å²) < 4.78 is 1.86. The van der Waals surface area contributed by atoms with Crippen LogP contribution in [0.2, 0.25) is 0 Å². The number of para-hydroxylation sites is 2. The van der Waals surface area contributed by atoms with Crippen LogP contribution in [-0.2, 0) is 6.54 Å². The molecule has 47 heavy (non-hydrogen) atoms. The quantitative estimate of drug-likeness (QED) is 0.202. The van der Waals surface area contributed by atoms with Crippen molar-refractivity contribution in [2.24, 2.45) is 0 Å². The lowest BCUT2D eigenvalue weighted by Gasteiger charge is -2.36. The molecule has 12 heteroatoms. The number of aromatic nitrogens is 7. The van der Waals surface area contributed by atoms with E-state index in [1.807, 2.05) is 35.1 Å². The molecule has 11 nitrogen and oxygen atoms in total. The second-order valence-corrected chi connectivity index (χ2v) is 12.2. The number of fused-ring (bicyclic) bond motifs is 1. The van der Waals surface area contributed by atoms with Gasteiger partial charge in [-0.2, -0.15) is 5.10 Å². The highest BCUT2D eigenvalue weighted by molar-refractivity contribution is 7.17. The molecule has 0 radical (unpaired) electrons. The number of carbonyl (C=O) groups excluding carboxylic acids is 1. The molecule has 1 aliphatic rings. The zero-order valence-corrected chi connectivity index (χ0v) is 26.1.